The average Bonchev–Trinajstić information content (AvgIpc) is 3.30. The smallest absolute Gasteiger partial charge is 0.280 e. The Morgan fingerprint density at radius 3 is 2.74 bits per heavy atom. The molecule has 0 spiro atoms. The van der Waals surface area contributed by atoms with Crippen LogP contribution in [0, 0.1) is 0 Å². The molecule has 0 radical (unpaired) electrons. The Balaban J connectivity index is 1.43. The first-order chi connectivity index (χ1) is 16.6. The second-order valence-corrected chi connectivity index (χ2v) is 8.21. The minimum absolute atomic E-state index is 0.0107. The SMILES string of the molecule is O=C1Nc2cccc(n2)-c2nncn2C2CC[C@@H]2Oc2ccc(-c3ccc(C(F)F)nc3)cc21. The van der Waals surface area contributed by atoms with Crippen molar-refractivity contribution >= 4 is 11.7 Å². The van der Waals surface area contributed by atoms with Crippen molar-refractivity contribution < 1.29 is 18.3 Å². The van der Waals surface area contributed by atoms with Gasteiger partial charge in [-0.05, 0) is 48.7 Å². The van der Waals surface area contributed by atoms with Crippen molar-refractivity contribution in [2.45, 2.75) is 31.4 Å². The molecule has 8 nitrogen and oxygen atoms in total. The van der Waals surface area contributed by atoms with E-state index in [2.05, 4.69) is 25.5 Å². The van der Waals surface area contributed by atoms with Crippen LogP contribution in [0.5, 0.6) is 5.75 Å². The van der Waals surface area contributed by atoms with Gasteiger partial charge in [-0.25, -0.2) is 13.8 Å². The van der Waals surface area contributed by atoms with Crippen molar-refractivity contribution in [3.05, 3.63) is 72.3 Å². The Morgan fingerprint density at radius 1 is 1.09 bits per heavy atom. The van der Waals surface area contributed by atoms with Gasteiger partial charge < -0.3 is 14.6 Å². The highest BCUT2D eigenvalue weighted by Gasteiger charge is 2.37. The third-order valence-corrected chi connectivity index (χ3v) is 6.17. The number of carbonyl (C=O) groups excluding carboxylic acids is 1. The van der Waals surface area contributed by atoms with Crippen LogP contribution >= 0.6 is 0 Å². The van der Waals surface area contributed by atoms with E-state index in [1.165, 1.54) is 12.3 Å². The molecule has 1 N–H and O–H groups in total. The first-order valence-corrected chi connectivity index (χ1v) is 10.8. The Bertz CT molecular complexity index is 1390. The fraction of sp³-hybridized carbons (Fsp3) is 0.208. The molecule has 2 aliphatic rings. The lowest BCUT2D eigenvalue weighted by Gasteiger charge is -2.38. The second-order valence-electron chi connectivity index (χ2n) is 8.21. The lowest BCUT2D eigenvalue weighted by atomic mass is 9.88. The maximum absolute atomic E-state index is 13.3. The van der Waals surface area contributed by atoms with Crippen LogP contribution in [0.25, 0.3) is 22.6 Å². The average molecular weight is 460 g/mol. The number of carbonyl (C=O) groups is 1. The molecule has 4 heterocycles. The number of ether oxygens (including phenoxy) is 1. The van der Waals surface area contributed by atoms with Gasteiger partial charge in [0, 0.05) is 11.8 Å². The van der Waals surface area contributed by atoms with E-state index in [0.29, 0.717) is 39.8 Å². The maximum atomic E-state index is 13.3. The molecule has 170 valence electrons. The monoisotopic (exact) mass is 460 g/mol. The van der Waals surface area contributed by atoms with E-state index in [1.807, 2.05) is 10.6 Å². The molecular formula is C24H18F2N6O2. The van der Waals surface area contributed by atoms with Crippen LogP contribution in [0.15, 0.2) is 61.1 Å². The first kappa shape index (κ1) is 20.4. The Hall–Kier alpha value is -4.21. The summed E-state index contributed by atoms with van der Waals surface area (Å²) in [5.74, 6) is 1.02. The van der Waals surface area contributed by atoms with Crippen molar-refractivity contribution in [1.82, 2.24) is 24.7 Å². The fourth-order valence-electron chi connectivity index (χ4n) is 4.25. The summed E-state index contributed by atoms with van der Waals surface area (Å²) >= 11 is 0. The summed E-state index contributed by atoms with van der Waals surface area (Å²) in [6.07, 6.45) is 1.94. The maximum Gasteiger partial charge on any atom is 0.280 e. The van der Waals surface area contributed by atoms with Crippen molar-refractivity contribution in [3.63, 3.8) is 0 Å². The number of nitrogens with one attached hydrogen (secondary N) is 1. The zero-order chi connectivity index (χ0) is 23.2. The van der Waals surface area contributed by atoms with Gasteiger partial charge in [0.05, 0.1) is 11.6 Å². The Labute approximate surface area is 192 Å². The first-order valence-electron chi connectivity index (χ1n) is 10.8. The zero-order valence-electron chi connectivity index (χ0n) is 17.7. The predicted molar refractivity (Wildman–Crippen MR) is 119 cm³/mol. The number of hydrogen-bond donors (Lipinski definition) is 1. The highest BCUT2D eigenvalue weighted by Crippen LogP contribution is 2.39. The van der Waals surface area contributed by atoms with E-state index in [1.54, 1.807) is 42.7 Å². The minimum atomic E-state index is -2.64. The summed E-state index contributed by atoms with van der Waals surface area (Å²) < 4.78 is 34.0. The summed E-state index contributed by atoms with van der Waals surface area (Å²) in [6.45, 7) is 0. The number of alkyl halides is 2. The van der Waals surface area contributed by atoms with Crippen LogP contribution in [-0.2, 0) is 0 Å². The number of fused-ring (bicyclic) bond motifs is 7. The fourth-order valence-corrected chi connectivity index (χ4v) is 4.25. The van der Waals surface area contributed by atoms with Crippen LogP contribution in [0.1, 0.15) is 41.4 Å². The molecule has 1 unspecified atom stereocenters. The predicted octanol–water partition coefficient (Wildman–Crippen LogP) is 4.69. The van der Waals surface area contributed by atoms with Gasteiger partial charge in [-0.15, -0.1) is 10.2 Å². The van der Waals surface area contributed by atoms with E-state index in [9.17, 15) is 13.6 Å². The summed E-state index contributed by atoms with van der Waals surface area (Å²) in [5.41, 5.74) is 1.89. The third kappa shape index (κ3) is 3.47. The number of amides is 1. The number of aromatic nitrogens is 5. The van der Waals surface area contributed by atoms with Gasteiger partial charge in [-0.2, -0.15) is 0 Å². The van der Waals surface area contributed by atoms with Crippen LogP contribution in [0.3, 0.4) is 0 Å². The van der Waals surface area contributed by atoms with E-state index in [0.717, 1.165) is 12.8 Å². The largest absolute Gasteiger partial charge is 0.487 e. The molecule has 34 heavy (non-hydrogen) atoms. The van der Waals surface area contributed by atoms with E-state index in [-0.39, 0.29) is 17.8 Å². The molecule has 6 rings (SSSR count). The van der Waals surface area contributed by atoms with Crippen LogP contribution < -0.4 is 10.1 Å². The molecule has 1 fully saturated rings. The quantitative estimate of drug-likeness (QED) is 0.467. The number of halogens is 2. The lowest BCUT2D eigenvalue weighted by molar-refractivity contribution is 0.0533. The molecular weight excluding hydrogens is 442 g/mol. The van der Waals surface area contributed by atoms with E-state index >= 15 is 0 Å². The molecule has 1 amide bonds. The van der Waals surface area contributed by atoms with Crippen LogP contribution in [-0.4, -0.2) is 36.7 Å². The summed E-state index contributed by atoms with van der Waals surface area (Å²) in [7, 11) is 0. The van der Waals surface area contributed by atoms with Gasteiger partial charge in [-0.3, -0.25) is 9.78 Å². The topological polar surface area (TPSA) is 94.8 Å². The van der Waals surface area contributed by atoms with Crippen LogP contribution in [0.2, 0.25) is 0 Å². The molecule has 1 aliphatic carbocycles. The van der Waals surface area contributed by atoms with Crippen molar-refractivity contribution in [3.8, 4) is 28.4 Å². The molecule has 2 bridgehead atoms. The third-order valence-electron chi connectivity index (χ3n) is 6.17. The number of benzene rings is 1. The highest BCUT2D eigenvalue weighted by molar-refractivity contribution is 6.06. The molecule has 0 saturated heterocycles. The van der Waals surface area contributed by atoms with E-state index < -0.39 is 12.3 Å². The van der Waals surface area contributed by atoms with Crippen molar-refractivity contribution in [1.29, 1.82) is 0 Å². The number of anilines is 1. The highest BCUT2D eigenvalue weighted by atomic mass is 19.3. The second kappa shape index (κ2) is 7.98. The minimum Gasteiger partial charge on any atom is -0.487 e. The summed E-state index contributed by atoms with van der Waals surface area (Å²) in [6, 6.07) is 13.3. The van der Waals surface area contributed by atoms with Gasteiger partial charge in [0.25, 0.3) is 12.3 Å². The normalized spacial score (nSPS) is 18.9. The Morgan fingerprint density at radius 2 is 1.97 bits per heavy atom. The molecule has 4 aromatic rings. The van der Waals surface area contributed by atoms with Gasteiger partial charge in [0.2, 0.25) is 0 Å². The van der Waals surface area contributed by atoms with Gasteiger partial charge in [0.15, 0.2) is 5.82 Å². The molecule has 1 aromatic carbocycles. The van der Waals surface area contributed by atoms with Gasteiger partial charge >= 0.3 is 0 Å². The number of nitrogens with zero attached hydrogens (tertiary/aromatic N) is 5. The molecule has 1 saturated carbocycles. The van der Waals surface area contributed by atoms with Crippen molar-refractivity contribution in [2.24, 2.45) is 0 Å². The molecule has 1 aliphatic heterocycles. The Kier molecular flexibility index (Phi) is 4.79. The molecule has 2 atom stereocenters. The number of hydrogen-bond acceptors (Lipinski definition) is 6. The molecule has 3 aromatic heterocycles. The number of pyridine rings is 2. The molecule has 10 heteroatoms. The van der Waals surface area contributed by atoms with Crippen molar-refractivity contribution in [2.75, 3.05) is 5.32 Å². The van der Waals surface area contributed by atoms with Gasteiger partial charge in [-0.1, -0.05) is 18.2 Å². The standard InChI is InChI=1S/C24H18F2N6O2/c25-22(26)16-6-4-14(11-27-16)13-5-8-19-15(10-13)24(33)30-21-3-1-2-17(29-21)23-31-28-12-32(23)18-7-9-20(18)34-19/h1-6,8,10-12,18,20,22H,7,9H2,(H,29,30,33)/t18?,20-/m0/s1. The summed E-state index contributed by atoms with van der Waals surface area (Å²) in [4.78, 5) is 21.7. The summed E-state index contributed by atoms with van der Waals surface area (Å²) in [5, 5.41) is 11.1. The zero-order valence-corrected chi connectivity index (χ0v) is 17.7. The van der Waals surface area contributed by atoms with Crippen LogP contribution in [0.4, 0.5) is 14.6 Å². The van der Waals surface area contributed by atoms with Gasteiger partial charge in [0.1, 0.15) is 35.4 Å². The van der Waals surface area contributed by atoms with E-state index in [4.69, 9.17) is 4.74 Å². The number of rotatable bonds is 2. The lowest BCUT2D eigenvalue weighted by Crippen LogP contribution is -2.39.